The molecule has 0 radical (unpaired) electrons. The molecule has 0 bridgehead atoms. The number of carbonyl (C=O) groups excluding carboxylic acids is 2. The molecule has 0 saturated carbocycles. The van der Waals surface area contributed by atoms with Gasteiger partial charge < -0.3 is 19.7 Å². The van der Waals surface area contributed by atoms with Gasteiger partial charge in [0, 0.05) is 11.9 Å². The number of anilines is 1. The highest BCUT2D eigenvalue weighted by Crippen LogP contribution is 2.27. The Hall–Kier alpha value is -3.61. The number of carbonyl (C=O) groups is 2. The van der Waals surface area contributed by atoms with Gasteiger partial charge in [0.25, 0.3) is 11.5 Å². The summed E-state index contributed by atoms with van der Waals surface area (Å²) in [5, 5.41) is 13.8. The molecule has 0 aliphatic rings. The highest BCUT2D eigenvalue weighted by molar-refractivity contribution is 6.11. The maximum Gasteiger partial charge on any atom is 0.340 e. The van der Waals surface area contributed by atoms with Gasteiger partial charge in [0.15, 0.2) is 0 Å². The van der Waals surface area contributed by atoms with E-state index in [0.29, 0.717) is 17.4 Å². The number of hydrogen-bond donors (Lipinski definition) is 2. The van der Waals surface area contributed by atoms with Gasteiger partial charge in [-0.15, -0.1) is 0 Å². The van der Waals surface area contributed by atoms with Crippen molar-refractivity contribution in [2.45, 2.75) is 39.7 Å². The molecule has 0 saturated heterocycles. The summed E-state index contributed by atoms with van der Waals surface area (Å²) in [5.74, 6) is -1.74. The fraction of sp³-hybridized carbons (Fsp3) is 0.292. The summed E-state index contributed by atoms with van der Waals surface area (Å²) in [5.41, 5.74) is 0.0218. The number of rotatable bonds is 8. The highest BCUT2D eigenvalue weighted by Gasteiger charge is 2.23. The fourth-order valence-electron chi connectivity index (χ4n) is 3.50. The van der Waals surface area contributed by atoms with Gasteiger partial charge in [-0.1, -0.05) is 44.0 Å². The molecular weight excluding hydrogens is 396 g/mol. The van der Waals surface area contributed by atoms with Crippen LogP contribution < -0.4 is 10.9 Å². The lowest BCUT2D eigenvalue weighted by Gasteiger charge is -2.15. The maximum absolute atomic E-state index is 13.2. The van der Waals surface area contributed by atoms with Gasteiger partial charge in [-0.2, -0.15) is 0 Å². The van der Waals surface area contributed by atoms with Crippen LogP contribution in [0.5, 0.6) is 5.75 Å². The SMILES string of the molecule is CCCCCn1c(=O)c(C(=O)Nc2ccccc2C(=O)OCC)c(O)c2ccccc21. The van der Waals surface area contributed by atoms with Crippen LogP contribution in [0.15, 0.2) is 53.3 Å². The monoisotopic (exact) mass is 422 g/mol. The van der Waals surface area contributed by atoms with E-state index in [1.54, 1.807) is 49.4 Å². The van der Waals surface area contributed by atoms with Crippen LogP contribution in [0.1, 0.15) is 53.8 Å². The van der Waals surface area contributed by atoms with Crippen molar-refractivity contribution in [3.63, 3.8) is 0 Å². The first-order valence-corrected chi connectivity index (χ1v) is 10.4. The van der Waals surface area contributed by atoms with E-state index < -0.39 is 17.4 Å². The van der Waals surface area contributed by atoms with Gasteiger partial charge in [0.2, 0.25) is 0 Å². The van der Waals surface area contributed by atoms with Crippen LogP contribution in [0.3, 0.4) is 0 Å². The van der Waals surface area contributed by atoms with Crippen molar-refractivity contribution in [2.24, 2.45) is 0 Å². The number of aromatic nitrogens is 1. The highest BCUT2D eigenvalue weighted by atomic mass is 16.5. The maximum atomic E-state index is 13.2. The summed E-state index contributed by atoms with van der Waals surface area (Å²) in [6.45, 7) is 4.38. The zero-order valence-corrected chi connectivity index (χ0v) is 17.7. The first-order valence-electron chi connectivity index (χ1n) is 10.4. The number of nitrogens with zero attached hydrogens (tertiary/aromatic N) is 1. The van der Waals surface area contributed by atoms with E-state index in [1.807, 2.05) is 0 Å². The standard InChI is InChI=1S/C24H26N2O5/c1-3-5-10-15-26-19-14-9-7-12-17(19)21(27)20(23(26)29)22(28)25-18-13-8-6-11-16(18)24(30)31-4-2/h6-9,11-14,27H,3-5,10,15H2,1-2H3,(H,25,28). The van der Waals surface area contributed by atoms with Gasteiger partial charge in [-0.25, -0.2) is 4.79 Å². The Labute approximate surface area is 180 Å². The van der Waals surface area contributed by atoms with E-state index in [0.717, 1.165) is 19.3 Å². The smallest absolute Gasteiger partial charge is 0.340 e. The number of hydrogen-bond acceptors (Lipinski definition) is 5. The number of esters is 1. The Kier molecular flexibility index (Phi) is 7.07. The number of benzene rings is 2. The molecule has 7 heteroatoms. The summed E-state index contributed by atoms with van der Waals surface area (Å²) < 4.78 is 6.55. The molecule has 3 aromatic rings. The third-order valence-electron chi connectivity index (χ3n) is 5.03. The summed E-state index contributed by atoms with van der Waals surface area (Å²) in [6, 6.07) is 13.3. The van der Waals surface area contributed by atoms with E-state index in [1.165, 1.54) is 10.6 Å². The van der Waals surface area contributed by atoms with Crippen molar-refractivity contribution >= 4 is 28.5 Å². The zero-order valence-electron chi connectivity index (χ0n) is 17.7. The molecule has 0 unspecified atom stereocenters. The summed E-state index contributed by atoms with van der Waals surface area (Å²) in [4.78, 5) is 38.5. The first-order chi connectivity index (χ1) is 15.0. The molecule has 162 valence electrons. The third kappa shape index (κ3) is 4.60. The third-order valence-corrected chi connectivity index (χ3v) is 5.03. The summed E-state index contributed by atoms with van der Waals surface area (Å²) >= 11 is 0. The van der Waals surface area contributed by atoms with Crippen LogP contribution in [0.2, 0.25) is 0 Å². The molecule has 0 aliphatic heterocycles. The number of amides is 1. The zero-order chi connectivity index (χ0) is 22.4. The minimum atomic E-state index is -0.783. The van der Waals surface area contributed by atoms with Gasteiger partial charge in [-0.3, -0.25) is 9.59 Å². The normalized spacial score (nSPS) is 10.8. The largest absolute Gasteiger partial charge is 0.506 e. The summed E-state index contributed by atoms with van der Waals surface area (Å²) in [6.07, 6.45) is 2.71. The fourth-order valence-corrected chi connectivity index (χ4v) is 3.50. The minimum Gasteiger partial charge on any atom is -0.506 e. The lowest BCUT2D eigenvalue weighted by atomic mass is 10.1. The Morgan fingerprint density at radius 2 is 1.74 bits per heavy atom. The summed E-state index contributed by atoms with van der Waals surface area (Å²) in [7, 11) is 0. The molecule has 7 nitrogen and oxygen atoms in total. The molecule has 1 aromatic heterocycles. The van der Waals surface area contributed by atoms with Crippen molar-refractivity contribution in [1.29, 1.82) is 0 Å². The second kappa shape index (κ2) is 9.93. The topological polar surface area (TPSA) is 97.6 Å². The van der Waals surface area contributed by atoms with E-state index in [-0.39, 0.29) is 29.2 Å². The molecule has 2 N–H and O–H groups in total. The van der Waals surface area contributed by atoms with E-state index in [4.69, 9.17) is 4.74 Å². The van der Waals surface area contributed by atoms with Crippen LogP contribution in [0.4, 0.5) is 5.69 Å². The molecule has 0 aliphatic carbocycles. The van der Waals surface area contributed by atoms with Crippen molar-refractivity contribution in [3.8, 4) is 5.75 Å². The van der Waals surface area contributed by atoms with Crippen molar-refractivity contribution in [1.82, 2.24) is 4.57 Å². The average Bonchev–Trinajstić information content (AvgIpc) is 2.76. The minimum absolute atomic E-state index is 0.168. The number of nitrogens with one attached hydrogen (secondary N) is 1. The Bertz CT molecular complexity index is 1170. The Morgan fingerprint density at radius 3 is 2.48 bits per heavy atom. The molecule has 3 rings (SSSR count). The molecule has 1 heterocycles. The van der Waals surface area contributed by atoms with Gasteiger partial charge >= 0.3 is 5.97 Å². The average molecular weight is 422 g/mol. The van der Waals surface area contributed by atoms with Crippen LogP contribution in [-0.4, -0.2) is 28.2 Å². The van der Waals surface area contributed by atoms with E-state index in [9.17, 15) is 19.5 Å². The molecular formula is C24H26N2O5. The van der Waals surface area contributed by atoms with Crippen molar-refractivity contribution in [3.05, 3.63) is 70.0 Å². The predicted octanol–water partition coefficient (Wildman–Crippen LogP) is 4.33. The molecule has 2 aromatic carbocycles. The van der Waals surface area contributed by atoms with Crippen LogP contribution in [0, 0.1) is 0 Å². The second-order valence-electron chi connectivity index (χ2n) is 7.12. The van der Waals surface area contributed by atoms with E-state index in [2.05, 4.69) is 12.2 Å². The first kappa shape index (κ1) is 22.1. The van der Waals surface area contributed by atoms with Gasteiger partial charge in [-0.05, 0) is 37.6 Å². The van der Waals surface area contributed by atoms with Crippen LogP contribution in [0.25, 0.3) is 10.9 Å². The van der Waals surface area contributed by atoms with Crippen molar-refractivity contribution in [2.75, 3.05) is 11.9 Å². The van der Waals surface area contributed by atoms with Gasteiger partial charge in [0.05, 0.1) is 23.4 Å². The number of aryl methyl sites for hydroxylation is 1. The number of para-hydroxylation sites is 2. The second-order valence-corrected chi connectivity index (χ2v) is 7.12. The van der Waals surface area contributed by atoms with Crippen LogP contribution >= 0.6 is 0 Å². The van der Waals surface area contributed by atoms with Crippen molar-refractivity contribution < 1.29 is 19.4 Å². The molecule has 0 spiro atoms. The Balaban J connectivity index is 2.06. The molecule has 0 atom stereocenters. The lowest BCUT2D eigenvalue weighted by molar-refractivity contribution is 0.0527. The Morgan fingerprint density at radius 1 is 1.03 bits per heavy atom. The van der Waals surface area contributed by atoms with Crippen LogP contribution in [-0.2, 0) is 11.3 Å². The van der Waals surface area contributed by atoms with E-state index >= 15 is 0 Å². The number of aromatic hydroxyl groups is 1. The number of unbranched alkanes of at least 4 members (excludes halogenated alkanes) is 2. The number of pyridine rings is 1. The molecule has 1 amide bonds. The number of ether oxygens (including phenoxy) is 1. The molecule has 0 fully saturated rings. The molecule has 31 heavy (non-hydrogen) atoms. The quantitative estimate of drug-likeness (QED) is 0.416. The number of fused-ring (bicyclic) bond motifs is 1. The van der Waals surface area contributed by atoms with Gasteiger partial charge in [0.1, 0.15) is 11.3 Å². The lowest BCUT2D eigenvalue weighted by Crippen LogP contribution is -2.30. The predicted molar refractivity (Wildman–Crippen MR) is 120 cm³/mol.